The van der Waals surface area contributed by atoms with Crippen molar-refractivity contribution in [2.45, 2.75) is 32.1 Å². The van der Waals surface area contributed by atoms with Gasteiger partial charge in [0.2, 0.25) is 5.91 Å². The Labute approximate surface area is 165 Å². The standard InChI is InChI=1S/C21H28N2O3S/c24-19(15-26-16-20-7-4-12-27-20)14-23-10-8-18(9-11-23)21(25)22-13-17-5-2-1-3-6-17/h1-7,12,18-19,24H,8-11,13-16H2,(H,22,25). The van der Waals surface area contributed by atoms with Crippen molar-refractivity contribution in [2.75, 3.05) is 26.2 Å². The van der Waals surface area contributed by atoms with Crippen molar-refractivity contribution >= 4 is 17.2 Å². The molecule has 0 radical (unpaired) electrons. The van der Waals surface area contributed by atoms with Crippen LogP contribution in [0.2, 0.25) is 0 Å². The molecule has 1 atom stereocenters. The average Bonchev–Trinajstić information content (AvgIpc) is 3.21. The Kier molecular flexibility index (Phi) is 7.83. The van der Waals surface area contributed by atoms with Gasteiger partial charge in [-0.25, -0.2) is 0 Å². The zero-order chi connectivity index (χ0) is 18.9. The van der Waals surface area contributed by atoms with Crippen LogP contribution >= 0.6 is 11.3 Å². The van der Waals surface area contributed by atoms with Crippen molar-refractivity contribution in [3.8, 4) is 0 Å². The number of thiophene rings is 1. The van der Waals surface area contributed by atoms with Gasteiger partial charge in [-0.2, -0.15) is 0 Å². The lowest BCUT2D eigenvalue weighted by Gasteiger charge is -2.32. The average molecular weight is 389 g/mol. The number of β-amino-alcohol motifs (C(OH)–C–C–N with tert-alkyl or cyclic N) is 1. The lowest BCUT2D eigenvalue weighted by Crippen LogP contribution is -2.43. The molecular formula is C21H28N2O3S. The quantitative estimate of drug-likeness (QED) is 0.693. The maximum Gasteiger partial charge on any atom is 0.223 e. The van der Waals surface area contributed by atoms with Gasteiger partial charge in [-0.1, -0.05) is 36.4 Å². The van der Waals surface area contributed by atoms with Gasteiger partial charge >= 0.3 is 0 Å². The summed E-state index contributed by atoms with van der Waals surface area (Å²) in [5.41, 5.74) is 1.12. The van der Waals surface area contributed by atoms with E-state index in [9.17, 15) is 9.90 Å². The summed E-state index contributed by atoms with van der Waals surface area (Å²) in [5.74, 6) is 0.204. The van der Waals surface area contributed by atoms with Gasteiger partial charge in [0.25, 0.3) is 0 Å². The predicted octanol–water partition coefficient (Wildman–Crippen LogP) is 2.65. The Hall–Kier alpha value is -1.73. The molecule has 1 unspecified atom stereocenters. The number of likely N-dealkylation sites (tertiary alicyclic amines) is 1. The van der Waals surface area contributed by atoms with Gasteiger partial charge in [0, 0.05) is 23.9 Å². The van der Waals surface area contributed by atoms with Crippen LogP contribution in [0.3, 0.4) is 0 Å². The number of hydrogen-bond donors (Lipinski definition) is 2. The first kappa shape index (κ1) is 20.0. The van der Waals surface area contributed by atoms with Crippen LogP contribution in [0.25, 0.3) is 0 Å². The second-order valence-corrected chi connectivity index (χ2v) is 8.06. The van der Waals surface area contributed by atoms with Crippen LogP contribution in [-0.2, 0) is 22.7 Å². The van der Waals surface area contributed by atoms with E-state index >= 15 is 0 Å². The van der Waals surface area contributed by atoms with Gasteiger partial charge in [-0.3, -0.25) is 4.79 Å². The van der Waals surface area contributed by atoms with E-state index in [4.69, 9.17) is 4.74 Å². The molecule has 1 aromatic heterocycles. The number of carbonyl (C=O) groups is 1. The Bertz CT molecular complexity index is 670. The van der Waals surface area contributed by atoms with Crippen LogP contribution in [0.1, 0.15) is 23.3 Å². The number of piperidine rings is 1. The number of aliphatic hydroxyl groups is 1. The molecule has 2 N–H and O–H groups in total. The summed E-state index contributed by atoms with van der Waals surface area (Å²) in [7, 11) is 0. The summed E-state index contributed by atoms with van der Waals surface area (Å²) >= 11 is 1.66. The second kappa shape index (κ2) is 10.6. The maximum absolute atomic E-state index is 12.4. The molecule has 2 heterocycles. The van der Waals surface area contributed by atoms with Gasteiger partial charge in [-0.05, 0) is 42.9 Å². The molecular weight excluding hydrogens is 360 g/mol. The number of carbonyl (C=O) groups excluding carboxylic acids is 1. The monoisotopic (exact) mass is 388 g/mol. The maximum atomic E-state index is 12.4. The van der Waals surface area contributed by atoms with Gasteiger partial charge in [0.1, 0.15) is 0 Å². The van der Waals surface area contributed by atoms with Gasteiger partial charge in [0.15, 0.2) is 0 Å². The summed E-state index contributed by atoms with van der Waals surface area (Å²) in [5, 5.41) is 15.2. The molecule has 5 nitrogen and oxygen atoms in total. The summed E-state index contributed by atoms with van der Waals surface area (Å²) in [6, 6.07) is 14.0. The molecule has 1 aliphatic rings. The first-order valence-corrected chi connectivity index (χ1v) is 10.4. The fraction of sp³-hybridized carbons (Fsp3) is 0.476. The minimum atomic E-state index is -0.492. The third-order valence-corrected chi connectivity index (χ3v) is 5.72. The molecule has 1 fully saturated rings. The normalized spacial score (nSPS) is 16.9. The first-order chi connectivity index (χ1) is 13.2. The Morgan fingerprint density at radius 2 is 2.00 bits per heavy atom. The molecule has 1 amide bonds. The van der Waals surface area contributed by atoms with Crippen molar-refractivity contribution in [1.82, 2.24) is 10.2 Å². The smallest absolute Gasteiger partial charge is 0.223 e. The number of benzene rings is 1. The molecule has 6 heteroatoms. The zero-order valence-electron chi connectivity index (χ0n) is 15.5. The van der Waals surface area contributed by atoms with Crippen LogP contribution < -0.4 is 5.32 Å². The van der Waals surface area contributed by atoms with E-state index in [1.807, 2.05) is 47.8 Å². The fourth-order valence-electron chi connectivity index (χ4n) is 3.35. The predicted molar refractivity (Wildman–Crippen MR) is 107 cm³/mol. The molecule has 0 bridgehead atoms. The third kappa shape index (κ3) is 6.74. The molecule has 3 rings (SSSR count). The van der Waals surface area contributed by atoms with Gasteiger partial charge < -0.3 is 20.1 Å². The zero-order valence-corrected chi connectivity index (χ0v) is 16.4. The third-order valence-electron chi connectivity index (χ3n) is 4.87. The lowest BCUT2D eigenvalue weighted by molar-refractivity contribution is -0.126. The van der Waals surface area contributed by atoms with Crippen molar-refractivity contribution in [1.29, 1.82) is 0 Å². The van der Waals surface area contributed by atoms with Crippen LogP contribution in [-0.4, -0.2) is 48.3 Å². The number of aliphatic hydroxyl groups excluding tert-OH is 1. The second-order valence-electron chi connectivity index (χ2n) is 7.03. The van der Waals surface area contributed by atoms with Crippen LogP contribution in [0.5, 0.6) is 0 Å². The number of hydrogen-bond acceptors (Lipinski definition) is 5. The van der Waals surface area contributed by atoms with Crippen molar-refractivity contribution in [3.05, 3.63) is 58.3 Å². The highest BCUT2D eigenvalue weighted by atomic mass is 32.1. The molecule has 27 heavy (non-hydrogen) atoms. The van der Waals surface area contributed by atoms with E-state index in [1.165, 1.54) is 4.88 Å². The molecule has 0 saturated carbocycles. The Morgan fingerprint density at radius 3 is 2.70 bits per heavy atom. The van der Waals surface area contributed by atoms with Gasteiger partial charge in [-0.15, -0.1) is 11.3 Å². The topological polar surface area (TPSA) is 61.8 Å². The van der Waals surface area contributed by atoms with Gasteiger partial charge in [0.05, 0.1) is 19.3 Å². The minimum Gasteiger partial charge on any atom is -0.389 e. The molecule has 1 saturated heterocycles. The summed E-state index contributed by atoms with van der Waals surface area (Å²) in [6.45, 7) is 3.76. The van der Waals surface area contributed by atoms with Crippen molar-refractivity contribution in [2.24, 2.45) is 5.92 Å². The number of amides is 1. The molecule has 0 aliphatic carbocycles. The highest BCUT2D eigenvalue weighted by Gasteiger charge is 2.25. The van der Waals surface area contributed by atoms with Crippen molar-refractivity contribution < 1.29 is 14.6 Å². The number of rotatable bonds is 9. The van der Waals surface area contributed by atoms with Crippen LogP contribution in [0.15, 0.2) is 47.8 Å². The fourth-order valence-corrected chi connectivity index (χ4v) is 3.99. The Balaban J connectivity index is 1.30. The first-order valence-electron chi connectivity index (χ1n) is 9.53. The van der Waals surface area contributed by atoms with Crippen LogP contribution in [0.4, 0.5) is 0 Å². The number of nitrogens with zero attached hydrogens (tertiary/aromatic N) is 1. The Morgan fingerprint density at radius 1 is 1.22 bits per heavy atom. The summed E-state index contributed by atoms with van der Waals surface area (Å²) in [4.78, 5) is 15.7. The van der Waals surface area contributed by atoms with E-state index < -0.39 is 6.10 Å². The van der Waals surface area contributed by atoms with Crippen molar-refractivity contribution in [3.63, 3.8) is 0 Å². The molecule has 2 aromatic rings. The summed E-state index contributed by atoms with van der Waals surface area (Å²) < 4.78 is 5.58. The summed E-state index contributed by atoms with van der Waals surface area (Å²) in [6.07, 6.45) is 1.18. The minimum absolute atomic E-state index is 0.0668. The molecule has 146 valence electrons. The highest BCUT2D eigenvalue weighted by molar-refractivity contribution is 7.09. The van der Waals surface area contributed by atoms with E-state index in [-0.39, 0.29) is 11.8 Å². The van der Waals surface area contributed by atoms with E-state index in [1.54, 1.807) is 11.3 Å². The SMILES string of the molecule is O=C(NCc1ccccc1)C1CCN(CC(O)COCc2cccs2)CC1. The number of nitrogens with one attached hydrogen (secondary N) is 1. The molecule has 1 aromatic carbocycles. The molecule has 1 aliphatic heterocycles. The number of ether oxygens (including phenoxy) is 1. The van der Waals surface area contributed by atoms with Crippen LogP contribution in [0, 0.1) is 5.92 Å². The highest BCUT2D eigenvalue weighted by Crippen LogP contribution is 2.18. The lowest BCUT2D eigenvalue weighted by atomic mass is 9.95. The van der Waals surface area contributed by atoms with E-state index in [2.05, 4.69) is 10.2 Å². The largest absolute Gasteiger partial charge is 0.389 e. The van der Waals surface area contributed by atoms with E-state index in [0.717, 1.165) is 31.5 Å². The van der Waals surface area contributed by atoms with E-state index in [0.29, 0.717) is 26.3 Å². The molecule has 0 spiro atoms.